The second-order valence-electron chi connectivity index (χ2n) is 4.39. The third-order valence-corrected chi connectivity index (χ3v) is 3.24. The number of benzene rings is 2. The predicted octanol–water partition coefficient (Wildman–Crippen LogP) is 2.79. The molecule has 3 heteroatoms. The summed E-state index contributed by atoms with van der Waals surface area (Å²) in [6.45, 7) is 2.63. The lowest BCUT2D eigenvalue weighted by atomic mass is 10.1. The second-order valence-corrected chi connectivity index (χ2v) is 4.39. The van der Waals surface area contributed by atoms with Gasteiger partial charge in [0.2, 0.25) is 0 Å². The Kier molecular flexibility index (Phi) is 2.61. The number of fused-ring (bicyclic) bond motifs is 1. The van der Waals surface area contributed by atoms with Crippen molar-refractivity contribution in [3.05, 3.63) is 59.9 Å². The summed E-state index contributed by atoms with van der Waals surface area (Å²) < 4.78 is 2.12. The number of aryl methyl sites for hydroxylation is 1. The minimum absolute atomic E-state index is 0.531. The van der Waals surface area contributed by atoms with Crippen LogP contribution in [-0.2, 0) is 6.54 Å². The van der Waals surface area contributed by atoms with Crippen LogP contribution in [0.5, 0.6) is 0 Å². The summed E-state index contributed by atoms with van der Waals surface area (Å²) in [4.78, 5) is 4.43. The van der Waals surface area contributed by atoms with Gasteiger partial charge in [-0.2, -0.15) is 0 Å². The maximum absolute atomic E-state index is 5.84. The zero-order valence-corrected chi connectivity index (χ0v) is 10.3. The SMILES string of the molecule is Cc1cccc(CN)c1-n1cnc2ccccc21. The molecule has 0 aliphatic rings. The van der Waals surface area contributed by atoms with E-state index in [1.807, 2.05) is 30.6 Å². The van der Waals surface area contributed by atoms with Gasteiger partial charge >= 0.3 is 0 Å². The molecule has 0 unspecified atom stereocenters. The minimum atomic E-state index is 0.531. The van der Waals surface area contributed by atoms with E-state index in [2.05, 4.69) is 34.7 Å². The van der Waals surface area contributed by atoms with Crippen LogP contribution in [0.3, 0.4) is 0 Å². The van der Waals surface area contributed by atoms with Crippen LogP contribution in [0.15, 0.2) is 48.8 Å². The molecule has 90 valence electrons. The van der Waals surface area contributed by atoms with Crippen LogP contribution in [-0.4, -0.2) is 9.55 Å². The van der Waals surface area contributed by atoms with Crippen LogP contribution in [0, 0.1) is 6.92 Å². The molecule has 0 saturated heterocycles. The molecule has 0 spiro atoms. The molecule has 0 amide bonds. The van der Waals surface area contributed by atoms with Gasteiger partial charge in [-0.15, -0.1) is 0 Å². The van der Waals surface area contributed by atoms with Crippen LogP contribution in [0.2, 0.25) is 0 Å². The fourth-order valence-corrected chi connectivity index (χ4v) is 2.37. The molecule has 1 aromatic heterocycles. The molecule has 0 fully saturated rings. The quantitative estimate of drug-likeness (QED) is 0.744. The van der Waals surface area contributed by atoms with Crippen molar-refractivity contribution in [1.82, 2.24) is 9.55 Å². The first-order valence-corrected chi connectivity index (χ1v) is 6.02. The second kappa shape index (κ2) is 4.27. The minimum Gasteiger partial charge on any atom is -0.326 e. The molecule has 0 saturated carbocycles. The molecule has 18 heavy (non-hydrogen) atoms. The Morgan fingerprint density at radius 2 is 1.94 bits per heavy atom. The topological polar surface area (TPSA) is 43.8 Å². The first-order chi connectivity index (χ1) is 8.81. The van der Waals surface area contributed by atoms with Crippen LogP contribution in [0.1, 0.15) is 11.1 Å². The van der Waals surface area contributed by atoms with Crippen molar-refractivity contribution in [3.8, 4) is 5.69 Å². The average molecular weight is 237 g/mol. The Morgan fingerprint density at radius 1 is 1.11 bits per heavy atom. The number of nitrogens with zero attached hydrogens (tertiary/aromatic N) is 2. The van der Waals surface area contributed by atoms with Crippen molar-refractivity contribution in [2.75, 3.05) is 0 Å². The monoisotopic (exact) mass is 237 g/mol. The molecule has 3 nitrogen and oxygen atoms in total. The fourth-order valence-electron chi connectivity index (χ4n) is 2.37. The highest BCUT2D eigenvalue weighted by atomic mass is 15.1. The number of nitrogens with two attached hydrogens (primary N) is 1. The number of hydrogen-bond acceptors (Lipinski definition) is 2. The van der Waals surface area contributed by atoms with E-state index in [1.165, 1.54) is 5.56 Å². The number of para-hydroxylation sites is 3. The maximum Gasteiger partial charge on any atom is 0.100 e. The first kappa shape index (κ1) is 11.0. The third kappa shape index (κ3) is 1.60. The van der Waals surface area contributed by atoms with Gasteiger partial charge in [-0.1, -0.05) is 30.3 Å². The largest absolute Gasteiger partial charge is 0.326 e. The molecule has 3 rings (SSSR count). The van der Waals surface area contributed by atoms with Crippen molar-refractivity contribution in [2.24, 2.45) is 5.73 Å². The molecule has 0 atom stereocenters. The van der Waals surface area contributed by atoms with Crippen molar-refractivity contribution >= 4 is 11.0 Å². The van der Waals surface area contributed by atoms with Crippen LogP contribution in [0.25, 0.3) is 16.7 Å². The molecule has 0 aliphatic heterocycles. The highest BCUT2D eigenvalue weighted by Crippen LogP contribution is 2.23. The lowest BCUT2D eigenvalue weighted by Gasteiger charge is -2.13. The Morgan fingerprint density at radius 3 is 2.78 bits per heavy atom. The zero-order valence-electron chi connectivity index (χ0n) is 10.3. The smallest absolute Gasteiger partial charge is 0.100 e. The number of imidazole rings is 1. The molecule has 2 N–H and O–H groups in total. The molecule has 0 aliphatic carbocycles. The van der Waals surface area contributed by atoms with Gasteiger partial charge in [-0.25, -0.2) is 4.98 Å². The van der Waals surface area contributed by atoms with Gasteiger partial charge in [0, 0.05) is 6.54 Å². The van der Waals surface area contributed by atoms with Gasteiger partial charge in [0.15, 0.2) is 0 Å². The standard InChI is InChI=1S/C15H15N3/c1-11-5-4-6-12(9-16)15(11)18-10-17-13-7-2-3-8-14(13)18/h2-8,10H,9,16H2,1H3. The van der Waals surface area contributed by atoms with Gasteiger partial charge in [0.05, 0.1) is 16.7 Å². The van der Waals surface area contributed by atoms with E-state index in [1.54, 1.807) is 0 Å². The summed E-state index contributed by atoms with van der Waals surface area (Å²) in [5.41, 5.74) is 11.4. The van der Waals surface area contributed by atoms with Crippen LogP contribution >= 0.6 is 0 Å². The summed E-state index contributed by atoms with van der Waals surface area (Å²) in [6.07, 6.45) is 1.87. The molecule has 0 bridgehead atoms. The lowest BCUT2D eigenvalue weighted by Crippen LogP contribution is -2.05. The predicted molar refractivity (Wildman–Crippen MR) is 73.7 cm³/mol. The lowest BCUT2D eigenvalue weighted by molar-refractivity contribution is 0.988. The van der Waals surface area contributed by atoms with E-state index >= 15 is 0 Å². The van der Waals surface area contributed by atoms with E-state index in [-0.39, 0.29) is 0 Å². The maximum atomic E-state index is 5.84. The Balaban J connectivity index is 2.33. The Hall–Kier alpha value is -2.13. The molecule has 0 radical (unpaired) electrons. The van der Waals surface area contributed by atoms with E-state index in [0.717, 1.165) is 22.3 Å². The number of hydrogen-bond donors (Lipinski definition) is 1. The van der Waals surface area contributed by atoms with Crippen LogP contribution < -0.4 is 5.73 Å². The third-order valence-electron chi connectivity index (χ3n) is 3.24. The summed E-state index contributed by atoms with van der Waals surface area (Å²) in [7, 11) is 0. The summed E-state index contributed by atoms with van der Waals surface area (Å²) in [5, 5.41) is 0. The van der Waals surface area contributed by atoms with Gasteiger partial charge in [-0.05, 0) is 30.2 Å². The molecular weight excluding hydrogens is 222 g/mol. The molecule has 2 aromatic carbocycles. The number of aromatic nitrogens is 2. The molecule has 1 heterocycles. The fraction of sp³-hybridized carbons (Fsp3) is 0.133. The molecule has 3 aromatic rings. The van der Waals surface area contributed by atoms with Gasteiger partial charge in [-0.3, -0.25) is 4.57 Å². The van der Waals surface area contributed by atoms with Crippen molar-refractivity contribution in [2.45, 2.75) is 13.5 Å². The average Bonchev–Trinajstić information content (AvgIpc) is 2.82. The van der Waals surface area contributed by atoms with E-state index in [0.29, 0.717) is 6.54 Å². The van der Waals surface area contributed by atoms with E-state index in [4.69, 9.17) is 5.73 Å². The highest BCUT2D eigenvalue weighted by Gasteiger charge is 2.09. The van der Waals surface area contributed by atoms with Gasteiger partial charge in [0.25, 0.3) is 0 Å². The summed E-state index contributed by atoms with van der Waals surface area (Å²) in [6, 6.07) is 14.3. The van der Waals surface area contributed by atoms with Crippen LogP contribution in [0.4, 0.5) is 0 Å². The van der Waals surface area contributed by atoms with Crippen molar-refractivity contribution < 1.29 is 0 Å². The first-order valence-electron chi connectivity index (χ1n) is 6.02. The number of rotatable bonds is 2. The Labute approximate surface area is 106 Å². The van der Waals surface area contributed by atoms with Gasteiger partial charge in [0.1, 0.15) is 6.33 Å². The normalized spacial score (nSPS) is 11.0. The summed E-state index contributed by atoms with van der Waals surface area (Å²) >= 11 is 0. The summed E-state index contributed by atoms with van der Waals surface area (Å²) in [5.74, 6) is 0. The molecular formula is C15H15N3. The highest BCUT2D eigenvalue weighted by molar-refractivity contribution is 5.78. The zero-order chi connectivity index (χ0) is 12.5. The van der Waals surface area contributed by atoms with Crippen molar-refractivity contribution in [1.29, 1.82) is 0 Å². The van der Waals surface area contributed by atoms with E-state index in [9.17, 15) is 0 Å². The van der Waals surface area contributed by atoms with Crippen molar-refractivity contribution in [3.63, 3.8) is 0 Å². The van der Waals surface area contributed by atoms with Gasteiger partial charge < -0.3 is 5.73 Å². The Bertz CT molecular complexity index is 698. The van der Waals surface area contributed by atoms with E-state index < -0.39 is 0 Å².